The van der Waals surface area contributed by atoms with Gasteiger partial charge in [-0.3, -0.25) is 9.36 Å². The molecule has 0 aliphatic heterocycles. The molecule has 4 heteroatoms. The van der Waals surface area contributed by atoms with Crippen molar-refractivity contribution in [2.24, 2.45) is 0 Å². The maximum absolute atomic E-state index is 12.7. The van der Waals surface area contributed by atoms with E-state index in [0.717, 1.165) is 27.8 Å². The second kappa shape index (κ2) is 6.89. The molecule has 130 valence electrons. The second-order valence-electron chi connectivity index (χ2n) is 6.50. The minimum Gasteiger partial charge on any atom is -0.294 e. The molecule has 4 aromatic rings. The zero-order valence-electron chi connectivity index (χ0n) is 14.9. The minimum absolute atomic E-state index is 0.0393. The van der Waals surface area contributed by atoms with Crippen LogP contribution in [0.2, 0.25) is 0 Å². The van der Waals surface area contributed by atoms with Crippen LogP contribution in [-0.4, -0.2) is 9.55 Å². The fraction of sp³-hybridized carbons (Fsp3) is 0.0870. The standard InChI is InChI=1S/C23H17N3O/c1-16-5-4-8-21-22(16)25-15-26(23(21)27)14-17-9-11-18(12-10-17)20-7-3-2-6-19(20)13-24/h2-12,15H,14H2,1H3. The molecule has 0 atom stereocenters. The Labute approximate surface area is 157 Å². The fourth-order valence-electron chi connectivity index (χ4n) is 3.27. The van der Waals surface area contributed by atoms with Gasteiger partial charge < -0.3 is 0 Å². The Hall–Kier alpha value is -3.71. The van der Waals surface area contributed by atoms with Gasteiger partial charge in [0.05, 0.1) is 35.4 Å². The molecular weight excluding hydrogens is 334 g/mol. The number of aromatic nitrogens is 2. The largest absolute Gasteiger partial charge is 0.294 e. The Morgan fingerprint density at radius 3 is 2.56 bits per heavy atom. The molecule has 0 fully saturated rings. The van der Waals surface area contributed by atoms with Crippen molar-refractivity contribution in [2.75, 3.05) is 0 Å². The van der Waals surface area contributed by atoms with Crippen molar-refractivity contribution in [1.29, 1.82) is 5.26 Å². The lowest BCUT2D eigenvalue weighted by Crippen LogP contribution is -2.21. The van der Waals surface area contributed by atoms with Crippen LogP contribution >= 0.6 is 0 Å². The molecule has 0 aliphatic carbocycles. The Kier molecular flexibility index (Phi) is 4.27. The first kappa shape index (κ1) is 16.7. The van der Waals surface area contributed by atoms with Gasteiger partial charge in [-0.15, -0.1) is 0 Å². The predicted octanol–water partition coefficient (Wildman–Crippen LogP) is 4.29. The van der Waals surface area contributed by atoms with Crippen molar-refractivity contribution in [3.63, 3.8) is 0 Å². The van der Waals surface area contributed by atoms with Crippen LogP contribution in [0, 0.1) is 18.3 Å². The Bertz CT molecular complexity index is 1230. The molecule has 1 aromatic heterocycles. The molecule has 0 unspecified atom stereocenters. The summed E-state index contributed by atoms with van der Waals surface area (Å²) in [6.07, 6.45) is 1.61. The summed E-state index contributed by atoms with van der Waals surface area (Å²) in [7, 11) is 0. The van der Waals surface area contributed by atoms with Crippen molar-refractivity contribution >= 4 is 10.9 Å². The zero-order valence-corrected chi connectivity index (χ0v) is 14.9. The Morgan fingerprint density at radius 2 is 1.78 bits per heavy atom. The molecule has 0 radical (unpaired) electrons. The quantitative estimate of drug-likeness (QED) is 0.553. The highest BCUT2D eigenvalue weighted by atomic mass is 16.1. The van der Waals surface area contributed by atoms with E-state index in [1.807, 2.05) is 73.7 Å². The first-order valence-electron chi connectivity index (χ1n) is 8.70. The van der Waals surface area contributed by atoms with E-state index >= 15 is 0 Å². The summed E-state index contributed by atoms with van der Waals surface area (Å²) >= 11 is 0. The van der Waals surface area contributed by atoms with Crippen LogP contribution in [-0.2, 0) is 6.54 Å². The monoisotopic (exact) mass is 351 g/mol. The number of para-hydroxylation sites is 1. The number of aryl methyl sites for hydroxylation is 1. The summed E-state index contributed by atoms with van der Waals surface area (Å²) in [6.45, 7) is 2.41. The predicted molar refractivity (Wildman–Crippen MR) is 106 cm³/mol. The molecule has 0 spiro atoms. The van der Waals surface area contributed by atoms with Crippen LogP contribution in [0.3, 0.4) is 0 Å². The van der Waals surface area contributed by atoms with E-state index in [4.69, 9.17) is 0 Å². The van der Waals surface area contributed by atoms with Gasteiger partial charge in [0, 0.05) is 0 Å². The van der Waals surface area contributed by atoms with Gasteiger partial charge >= 0.3 is 0 Å². The number of hydrogen-bond acceptors (Lipinski definition) is 3. The van der Waals surface area contributed by atoms with Gasteiger partial charge in [-0.05, 0) is 41.3 Å². The summed E-state index contributed by atoms with van der Waals surface area (Å²) in [5.41, 5.74) is 5.25. The van der Waals surface area contributed by atoms with Gasteiger partial charge in [-0.25, -0.2) is 4.98 Å². The highest BCUT2D eigenvalue weighted by Gasteiger charge is 2.07. The first-order chi connectivity index (χ1) is 13.2. The van der Waals surface area contributed by atoms with Crippen molar-refractivity contribution in [3.05, 3.63) is 100 Å². The average Bonchev–Trinajstić information content (AvgIpc) is 2.71. The molecular formula is C23H17N3O. The topological polar surface area (TPSA) is 58.7 Å². The maximum atomic E-state index is 12.7. The van der Waals surface area contributed by atoms with Crippen LogP contribution in [0.15, 0.2) is 77.9 Å². The van der Waals surface area contributed by atoms with Gasteiger partial charge in [-0.1, -0.05) is 54.6 Å². The van der Waals surface area contributed by atoms with Gasteiger partial charge in [0.2, 0.25) is 0 Å². The molecule has 4 rings (SSSR count). The number of nitrogens with zero attached hydrogens (tertiary/aromatic N) is 3. The molecule has 0 bridgehead atoms. The van der Waals surface area contributed by atoms with Crippen molar-refractivity contribution in [2.45, 2.75) is 13.5 Å². The molecule has 1 heterocycles. The third-order valence-corrected chi connectivity index (χ3v) is 4.72. The number of fused-ring (bicyclic) bond motifs is 1. The van der Waals surface area contributed by atoms with E-state index < -0.39 is 0 Å². The number of hydrogen-bond donors (Lipinski definition) is 0. The van der Waals surface area contributed by atoms with Crippen molar-refractivity contribution in [3.8, 4) is 17.2 Å². The smallest absolute Gasteiger partial charge is 0.261 e. The van der Waals surface area contributed by atoms with E-state index in [1.165, 1.54) is 0 Å². The molecule has 0 saturated carbocycles. The van der Waals surface area contributed by atoms with Gasteiger partial charge in [0.25, 0.3) is 5.56 Å². The fourth-order valence-corrected chi connectivity index (χ4v) is 3.27. The zero-order chi connectivity index (χ0) is 18.8. The number of rotatable bonds is 3. The summed E-state index contributed by atoms with van der Waals surface area (Å²) in [5.74, 6) is 0. The van der Waals surface area contributed by atoms with Gasteiger partial charge in [0.1, 0.15) is 0 Å². The van der Waals surface area contributed by atoms with Crippen LogP contribution in [0.25, 0.3) is 22.0 Å². The lowest BCUT2D eigenvalue weighted by molar-refractivity contribution is 0.748. The van der Waals surface area contributed by atoms with Crippen LogP contribution in [0.4, 0.5) is 0 Å². The average molecular weight is 351 g/mol. The molecule has 0 amide bonds. The molecule has 3 aromatic carbocycles. The number of benzene rings is 3. The third-order valence-electron chi connectivity index (χ3n) is 4.72. The lowest BCUT2D eigenvalue weighted by Gasteiger charge is -2.09. The van der Waals surface area contributed by atoms with E-state index in [0.29, 0.717) is 17.5 Å². The highest BCUT2D eigenvalue weighted by molar-refractivity contribution is 5.80. The Morgan fingerprint density at radius 1 is 1.00 bits per heavy atom. The summed E-state index contributed by atoms with van der Waals surface area (Å²) < 4.78 is 1.63. The SMILES string of the molecule is Cc1cccc2c(=O)n(Cc3ccc(-c4ccccc4C#N)cc3)cnc12. The van der Waals surface area contributed by atoms with Crippen LogP contribution < -0.4 is 5.56 Å². The van der Waals surface area contributed by atoms with Crippen LogP contribution in [0.1, 0.15) is 16.7 Å². The molecule has 4 nitrogen and oxygen atoms in total. The van der Waals surface area contributed by atoms with Crippen LogP contribution in [0.5, 0.6) is 0 Å². The Balaban J connectivity index is 1.67. The van der Waals surface area contributed by atoms with Crippen molar-refractivity contribution in [1.82, 2.24) is 9.55 Å². The van der Waals surface area contributed by atoms with E-state index in [9.17, 15) is 10.1 Å². The molecule has 0 saturated heterocycles. The van der Waals surface area contributed by atoms with Crippen molar-refractivity contribution < 1.29 is 0 Å². The molecule has 27 heavy (non-hydrogen) atoms. The maximum Gasteiger partial charge on any atom is 0.261 e. The number of nitriles is 1. The highest BCUT2D eigenvalue weighted by Crippen LogP contribution is 2.23. The van der Waals surface area contributed by atoms with E-state index in [2.05, 4.69) is 11.1 Å². The summed E-state index contributed by atoms with van der Waals surface area (Å²) in [4.78, 5) is 17.2. The second-order valence-corrected chi connectivity index (χ2v) is 6.50. The first-order valence-corrected chi connectivity index (χ1v) is 8.70. The van der Waals surface area contributed by atoms with E-state index in [1.54, 1.807) is 10.9 Å². The normalized spacial score (nSPS) is 10.7. The summed E-state index contributed by atoms with van der Waals surface area (Å²) in [6, 6.07) is 23.3. The third kappa shape index (κ3) is 3.11. The van der Waals surface area contributed by atoms with Gasteiger partial charge in [0.15, 0.2) is 0 Å². The minimum atomic E-state index is -0.0393. The summed E-state index contributed by atoms with van der Waals surface area (Å²) in [5, 5.41) is 9.91. The molecule has 0 N–H and O–H groups in total. The van der Waals surface area contributed by atoms with Gasteiger partial charge in [-0.2, -0.15) is 5.26 Å². The lowest BCUT2D eigenvalue weighted by atomic mass is 9.99. The molecule has 0 aliphatic rings. The van der Waals surface area contributed by atoms with E-state index in [-0.39, 0.29) is 5.56 Å².